The number of hydroxylamine groups is 1. The summed E-state index contributed by atoms with van der Waals surface area (Å²) in [5.41, 5.74) is 0.276. The van der Waals surface area contributed by atoms with Gasteiger partial charge in [-0.1, -0.05) is 11.6 Å². The number of rotatable bonds is 6. The van der Waals surface area contributed by atoms with Crippen molar-refractivity contribution in [3.63, 3.8) is 0 Å². The van der Waals surface area contributed by atoms with Gasteiger partial charge in [-0.2, -0.15) is 0 Å². The molecule has 0 bridgehead atoms. The molecule has 1 saturated heterocycles. The van der Waals surface area contributed by atoms with E-state index in [1.165, 1.54) is 31.2 Å². The number of sulfone groups is 1. The number of nitrogens with one attached hydrogen (secondary N) is 1. The van der Waals surface area contributed by atoms with Crippen LogP contribution >= 0.6 is 11.6 Å². The fourth-order valence-corrected chi connectivity index (χ4v) is 5.60. The third-order valence-electron chi connectivity index (χ3n) is 5.45. The fourth-order valence-electron chi connectivity index (χ4n) is 3.61. The van der Waals surface area contributed by atoms with Crippen molar-refractivity contribution in [1.29, 1.82) is 0 Å². The van der Waals surface area contributed by atoms with Gasteiger partial charge in [-0.25, -0.2) is 13.9 Å². The number of likely N-dealkylation sites (tertiary alicyclic amines) is 1. The van der Waals surface area contributed by atoms with Crippen molar-refractivity contribution in [2.75, 3.05) is 18.8 Å². The molecule has 0 saturated carbocycles. The molecule has 0 radical (unpaired) electrons. The first kappa shape index (κ1) is 23.1. The molecule has 1 heterocycles. The van der Waals surface area contributed by atoms with E-state index in [-0.39, 0.29) is 36.7 Å². The van der Waals surface area contributed by atoms with Gasteiger partial charge < -0.3 is 9.64 Å². The van der Waals surface area contributed by atoms with Crippen LogP contribution in [0.25, 0.3) is 0 Å². The van der Waals surface area contributed by atoms with Crippen molar-refractivity contribution in [3.8, 4) is 11.5 Å². The molecule has 2 amide bonds. The van der Waals surface area contributed by atoms with Gasteiger partial charge in [0.2, 0.25) is 5.91 Å². The Morgan fingerprint density at radius 3 is 2.06 bits per heavy atom. The number of hydrogen-bond donors (Lipinski definition) is 2. The van der Waals surface area contributed by atoms with Crippen LogP contribution in [0.4, 0.5) is 0 Å². The van der Waals surface area contributed by atoms with Crippen molar-refractivity contribution in [1.82, 2.24) is 10.4 Å². The summed E-state index contributed by atoms with van der Waals surface area (Å²) in [5, 5.41) is 9.76. The summed E-state index contributed by atoms with van der Waals surface area (Å²) in [7, 11) is -3.85. The van der Waals surface area contributed by atoms with Gasteiger partial charge in [-0.05, 0) is 61.4 Å². The first-order valence-electron chi connectivity index (χ1n) is 9.61. The highest BCUT2D eigenvalue weighted by molar-refractivity contribution is 7.91. The highest BCUT2D eigenvalue weighted by Gasteiger charge is 2.45. The first-order valence-corrected chi connectivity index (χ1v) is 11.6. The van der Waals surface area contributed by atoms with Crippen molar-refractivity contribution < 1.29 is 28.0 Å². The van der Waals surface area contributed by atoms with Gasteiger partial charge in [0, 0.05) is 25.0 Å². The Morgan fingerprint density at radius 1 is 1.06 bits per heavy atom. The van der Waals surface area contributed by atoms with Gasteiger partial charge in [0.15, 0.2) is 9.84 Å². The van der Waals surface area contributed by atoms with Gasteiger partial charge in [0.1, 0.15) is 11.5 Å². The molecule has 2 N–H and O–H groups in total. The second-order valence-electron chi connectivity index (χ2n) is 7.51. The van der Waals surface area contributed by atoms with Crippen LogP contribution in [0.1, 0.15) is 19.8 Å². The summed E-state index contributed by atoms with van der Waals surface area (Å²) in [5.74, 6) is -0.385. The minimum absolute atomic E-state index is 0.0371. The van der Waals surface area contributed by atoms with Crippen molar-refractivity contribution >= 4 is 33.3 Å². The third kappa shape index (κ3) is 5.36. The van der Waals surface area contributed by atoms with Crippen LogP contribution in [-0.2, 0) is 19.4 Å². The number of halogens is 1. The molecular weight excluding hydrogens is 444 g/mol. The molecule has 0 atom stereocenters. The van der Waals surface area contributed by atoms with Crippen molar-refractivity contribution in [2.24, 2.45) is 5.41 Å². The monoisotopic (exact) mass is 466 g/mol. The smallest absolute Gasteiger partial charge is 0.250 e. The number of piperidine rings is 1. The first-order chi connectivity index (χ1) is 14.6. The topological polar surface area (TPSA) is 113 Å². The van der Waals surface area contributed by atoms with Crippen LogP contribution in [0, 0.1) is 5.41 Å². The van der Waals surface area contributed by atoms with Gasteiger partial charge in [-0.15, -0.1) is 0 Å². The lowest BCUT2D eigenvalue weighted by Crippen LogP contribution is -2.52. The van der Waals surface area contributed by atoms with Gasteiger partial charge in [0.05, 0.1) is 16.1 Å². The Hall–Kier alpha value is -2.62. The van der Waals surface area contributed by atoms with Crippen molar-refractivity contribution in [2.45, 2.75) is 24.7 Å². The van der Waals surface area contributed by atoms with E-state index in [4.69, 9.17) is 16.3 Å². The quantitative estimate of drug-likeness (QED) is 0.499. The zero-order valence-corrected chi connectivity index (χ0v) is 18.4. The summed E-state index contributed by atoms with van der Waals surface area (Å²) in [6.45, 7) is 1.90. The molecule has 2 aromatic rings. The van der Waals surface area contributed by atoms with Crippen LogP contribution < -0.4 is 10.2 Å². The van der Waals surface area contributed by atoms with E-state index in [9.17, 15) is 23.2 Å². The van der Waals surface area contributed by atoms with E-state index in [2.05, 4.69) is 0 Å². The standard InChI is InChI=1S/C21H23ClN2O6S/c1-15(25)24-12-10-21(11-13-24,20(26)23-27)14-31(28,29)19-8-6-18(7-9-19)30-17-4-2-16(22)3-5-17/h2-9,27H,10-14H2,1H3,(H,23,26). The average Bonchev–Trinajstić information content (AvgIpc) is 2.75. The van der Waals surface area contributed by atoms with Crippen LogP contribution in [-0.4, -0.2) is 49.2 Å². The number of carbonyl (C=O) groups is 2. The van der Waals surface area contributed by atoms with Gasteiger partial charge >= 0.3 is 0 Å². The second kappa shape index (κ2) is 9.25. The summed E-state index contributed by atoms with van der Waals surface area (Å²) in [6.07, 6.45) is 0.270. The van der Waals surface area contributed by atoms with E-state index in [1.54, 1.807) is 34.6 Å². The van der Waals surface area contributed by atoms with Crippen LogP contribution in [0.5, 0.6) is 11.5 Å². The highest BCUT2D eigenvalue weighted by atomic mass is 35.5. The van der Waals surface area contributed by atoms with Crippen molar-refractivity contribution in [3.05, 3.63) is 53.6 Å². The minimum Gasteiger partial charge on any atom is -0.457 e. The molecule has 3 rings (SSSR count). The molecule has 8 nitrogen and oxygen atoms in total. The van der Waals surface area contributed by atoms with E-state index >= 15 is 0 Å². The summed E-state index contributed by atoms with van der Waals surface area (Å²) in [4.78, 5) is 25.6. The van der Waals surface area contributed by atoms with Crippen LogP contribution in [0.2, 0.25) is 5.02 Å². The lowest BCUT2D eigenvalue weighted by atomic mass is 9.79. The molecule has 166 valence electrons. The van der Waals surface area contributed by atoms with E-state index in [0.717, 1.165) is 0 Å². The highest BCUT2D eigenvalue weighted by Crippen LogP contribution is 2.36. The number of nitrogens with zero attached hydrogens (tertiary/aromatic N) is 1. The molecule has 1 aliphatic rings. The molecule has 0 aliphatic carbocycles. The maximum Gasteiger partial charge on any atom is 0.250 e. The normalized spacial score (nSPS) is 15.9. The van der Waals surface area contributed by atoms with E-state index < -0.39 is 26.9 Å². The Balaban J connectivity index is 1.77. The fraction of sp³-hybridized carbons (Fsp3) is 0.333. The number of amides is 2. The molecule has 1 fully saturated rings. The van der Waals surface area contributed by atoms with E-state index in [0.29, 0.717) is 16.5 Å². The second-order valence-corrected chi connectivity index (χ2v) is 9.94. The number of benzene rings is 2. The predicted molar refractivity (Wildman–Crippen MR) is 114 cm³/mol. The largest absolute Gasteiger partial charge is 0.457 e. The maximum absolute atomic E-state index is 13.1. The molecule has 0 unspecified atom stereocenters. The minimum atomic E-state index is -3.85. The zero-order valence-electron chi connectivity index (χ0n) is 16.9. The number of carbonyl (C=O) groups excluding carboxylic acids is 2. The average molecular weight is 467 g/mol. The molecular formula is C21H23ClN2O6S. The lowest BCUT2D eigenvalue weighted by Gasteiger charge is -2.39. The third-order valence-corrected chi connectivity index (χ3v) is 7.62. The molecule has 0 spiro atoms. The van der Waals surface area contributed by atoms with Crippen LogP contribution in [0.15, 0.2) is 53.4 Å². The number of hydrogen-bond acceptors (Lipinski definition) is 6. The zero-order chi connectivity index (χ0) is 22.6. The SMILES string of the molecule is CC(=O)N1CCC(CS(=O)(=O)c2ccc(Oc3ccc(Cl)cc3)cc2)(C(=O)NO)CC1. The summed E-state index contributed by atoms with van der Waals surface area (Å²) in [6, 6.07) is 12.6. The Morgan fingerprint density at radius 2 is 1.58 bits per heavy atom. The summed E-state index contributed by atoms with van der Waals surface area (Å²) < 4.78 is 31.8. The summed E-state index contributed by atoms with van der Waals surface area (Å²) >= 11 is 5.85. The number of ether oxygens (including phenoxy) is 1. The Labute approximate surface area is 185 Å². The predicted octanol–water partition coefficient (Wildman–Crippen LogP) is 3.04. The lowest BCUT2D eigenvalue weighted by molar-refractivity contribution is -0.144. The molecule has 10 heteroatoms. The van der Waals surface area contributed by atoms with E-state index in [1.807, 2.05) is 0 Å². The maximum atomic E-state index is 13.1. The van der Waals surface area contributed by atoms with Gasteiger partial charge in [0.25, 0.3) is 5.91 Å². The molecule has 0 aromatic heterocycles. The Bertz CT molecular complexity index is 1050. The molecule has 2 aromatic carbocycles. The van der Waals surface area contributed by atoms with Crippen LogP contribution in [0.3, 0.4) is 0 Å². The van der Waals surface area contributed by atoms with Gasteiger partial charge in [-0.3, -0.25) is 14.8 Å². The Kier molecular flexibility index (Phi) is 6.88. The molecule has 1 aliphatic heterocycles. The molecule has 31 heavy (non-hydrogen) atoms.